The molecule has 0 aromatic rings. The highest BCUT2D eigenvalue weighted by Crippen LogP contribution is 2.41. The van der Waals surface area contributed by atoms with Gasteiger partial charge >= 0.3 is 5.97 Å². The van der Waals surface area contributed by atoms with Crippen molar-refractivity contribution in [1.29, 1.82) is 0 Å². The Bertz CT molecular complexity index is 389. The summed E-state index contributed by atoms with van der Waals surface area (Å²) in [6.45, 7) is 5.32. The first kappa shape index (κ1) is 23.7. The van der Waals surface area contributed by atoms with Crippen molar-refractivity contribution in [1.82, 2.24) is 0 Å². The predicted molar refractivity (Wildman–Crippen MR) is 119 cm³/mol. The maximum Gasteiger partial charge on any atom is 0.308 e. The SMILES string of the molecule is CCCCCCCCCCCCOC(=O)C1CCC(C2CCC(C)CC2)CC1. The van der Waals surface area contributed by atoms with E-state index in [4.69, 9.17) is 4.74 Å². The summed E-state index contributed by atoms with van der Waals surface area (Å²) >= 11 is 0. The molecule has 0 spiro atoms. The average molecular weight is 393 g/mol. The van der Waals surface area contributed by atoms with Gasteiger partial charge in [0.15, 0.2) is 0 Å². The van der Waals surface area contributed by atoms with E-state index in [1.165, 1.54) is 96.3 Å². The van der Waals surface area contributed by atoms with Crippen LogP contribution in [-0.2, 0) is 9.53 Å². The summed E-state index contributed by atoms with van der Waals surface area (Å²) in [5.74, 6) is 3.07. The standard InChI is InChI=1S/C26H48O2/c1-3-4-5-6-7-8-9-10-11-12-21-28-26(27)25-19-17-24(18-20-25)23-15-13-22(2)14-16-23/h22-25H,3-21H2,1-2H3. The Hall–Kier alpha value is -0.530. The maximum atomic E-state index is 12.4. The summed E-state index contributed by atoms with van der Waals surface area (Å²) in [5.41, 5.74) is 0. The highest BCUT2D eigenvalue weighted by molar-refractivity contribution is 5.72. The van der Waals surface area contributed by atoms with Crippen LogP contribution in [0, 0.1) is 23.7 Å². The molecular formula is C26H48O2. The van der Waals surface area contributed by atoms with Gasteiger partial charge in [-0.15, -0.1) is 0 Å². The molecule has 2 heteroatoms. The van der Waals surface area contributed by atoms with Crippen molar-refractivity contribution in [2.45, 2.75) is 129 Å². The first-order chi connectivity index (χ1) is 13.7. The fraction of sp³-hybridized carbons (Fsp3) is 0.962. The predicted octanol–water partition coefficient (Wildman–Crippen LogP) is 8.08. The lowest BCUT2D eigenvalue weighted by Gasteiger charge is -2.36. The van der Waals surface area contributed by atoms with Crippen molar-refractivity contribution in [3.63, 3.8) is 0 Å². The summed E-state index contributed by atoms with van der Waals surface area (Å²) in [5, 5.41) is 0. The molecule has 2 nitrogen and oxygen atoms in total. The highest BCUT2D eigenvalue weighted by Gasteiger charge is 2.32. The van der Waals surface area contributed by atoms with Gasteiger partial charge in [0.2, 0.25) is 0 Å². The number of carbonyl (C=O) groups is 1. The molecule has 0 heterocycles. The molecule has 0 aliphatic heterocycles. The van der Waals surface area contributed by atoms with Gasteiger partial charge in [-0.3, -0.25) is 4.79 Å². The van der Waals surface area contributed by atoms with Crippen LogP contribution in [0.3, 0.4) is 0 Å². The van der Waals surface area contributed by atoms with Crippen LogP contribution < -0.4 is 0 Å². The Kier molecular flexibility index (Phi) is 12.3. The fourth-order valence-corrected chi connectivity index (χ4v) is 5.46. The number of carbonyl (C=O) groups excluding carboxylic acids is 1. The third-order valence-electron chi connectivity index (χ3n) is 7.57. The lowest BCUT2D eigenvalue weighted by molar-refractivity contribution is -0.150. The average Bonchev–Trinajstić information content (AvgIpc) is 2.72. The van der Waals surface area contributed by atoms with E-state index in [9.17, 15) is 4.79 Å². The van der Waals surface area contributed by atoms with Crippen LogP contribution in [0.1, 0.15) is 129 Å². The first-order valence-corrected chi connectivity index (χ1v) is 12.9. The zero-order valence-corrected chi connectivity index (χ0v) is 19.1. The van der Waals surface area contributed by atoms with E-state index in [1.807, 2.05) is 0 Å². The van der Waals surface area contributed by atoms with Crippen LogP contribution in [0.4, 0.5) is 0 Å². The monoisotopic (exact) mass is 392 g/mol. The molecule has 0 radical (unpaired) electrons. The van der Waals surface area contributed by atoms with Gasteiger partial charge in [0.1, 0.15) is 0 Å². The van der Waals surface area contributed by atoms with Gasteiger partial charge in [0, 0.05) is 0 Å². The number of hydrogen-bond acceptors (Lipinski definition) is 2. The summed E-state index contributed by atoms with van der Waals surface area (Å²) in [7, 11) is 0. The van der Waals surface area contributed by atoms with Crippen LogP contribution in [-0.4, -0.2) is 12.6 Å². The summed E-state index contributed by atoms with van der Waals surface area (Å²) < 4.78 is 5.61. The number of esters is 1. The number of unbranched alkanes of at least 4 members (excludes halogenated alkanes) is 9. The Morgan fingerprint density at radius 2 is 1.14 bits per heavy atom. The summed E-state index contributed by atoms with van der Waals surface area (Å²) in [6.07, 6.45) is 23.6. The Balaban J connectivity index is 1.43. The normalized spacial score (nSPS) is 28.2. The van der Waals surface area contributed by atoms with E-state index in [2.05, 4.69) is 13.8 Å². The van der Waals surface area contributed by atoms with E-state index >= 15 is 0 Å². The molecule has 2 rings (SSSR count). The molecule has 2 saturated carbocycles. The molecule has 0 bridgehead atoms. The van der Waals surface area contributed by atoms with Gasteiger partial charge in [0.25, 0.3) is 0 Å². The van der Waals surface area contributed by atoms with Crippen LogP contribution in [0.2, 0.25) is 0 Å². The maximum absolute atomic E-state index is 12.4. The van der Waals surface area contributed by atoms with Crippen LogP contribution in [0.25, 0.3) is 0 Å². The minimum atomic E-state index is 0.103. The van der Waals surface area contributed by atoms with Crippen LogP contribution in [0.15, 0.2) is 0 Å². The number of rotatable bonds is 13. The quantitative estimate of drug-likeness (QED) is 0.234. The summed E-state index contributed by atoms with van der Waals surface area (Å²) in [4.78, 5) is 12.4. The van der Waals surface area contributed by atoms with Crippen molar-refractivity contribution in [3.05, 3.63) is 0 Å². The Morgan fingerprint density at radius 1 is 0.679 bits per heavy atom. The van der Waals surface area contributed by atoms with Gasteiger partial charge < -0.3 is 4.74 Å². The molecule has 0 atom stereocenters. The van der Waals surface area contributed by atoms with E-state index in [0.717, 1.165) is 37.0 Å². The van der Waals surface area contributed by atoms with Crippen molar-refractivity contribution in [2.24, 2.45) is 23.7 Å². The second-order valence-corrected chi connectivity index (χ2v) is 9.98. The molecule has 28 heavy (non-hydrogen) atoms. The van der Waals surface area contributed by atoms with Crippen LogP contribution >= 0.6 is 0 Å². The minimum absolute atomic E-state index is 0.103. The summed E-state index contributed by atoms with van der Waals surface area (Å²) in [6, 6.07) is 0. The molecule has 2 aliphatic rings. The zero-order valence-electron chi connectivity index (χ0n) is 19.1. The molecular weight excluding hydrogens is 344 g/mol. The molecule has 0 unspecified atom stereocenters. The molecule has 0 aromatic heterocycles. The molecule has 0 saturated heterocycles. The van der Waals surface area contributed by atoms with Crippen molar-refractivity contribution >= 4 is 5.97 Å². The van der Waals surface area contributed by atoms with Crippen molar-refractivity contribution < 1.29 is 9.53 Å². The van der Waals surface area contributed by atoms with E-state index in [0.29, 0.717) is 6.61 Å². The molecule has 164 valence electrons. The molecule has 2 aliphatic carbocycles. The van der Waals surface area contributed by atoms with Gasteiger partial charge in [-0.05, 0) is 62.7 Å². The van der Waals surface area contributed by atoms with E-state index < -0.39 is 0 Å². The molecule has 0 N–H and O–H groups in total. The third kappa shape index (κ3) is 9.31. The van der Waals surface area contributed by atoms with Crippen molar-refractivity contribution in [3.8, 4) is 0 Å². The van der Waals surface area contributed by atoms with E-state index in [1.54, 1.807) is 0 Å². The first-order valence-electron chi connectivity index (χ1n) is 12.9. The molecule has 0 aromatic carbocycles. The van der Waals surface area contributed by atoms with Gasteiger partial charge in [-0.1, -0.05) is 84.5 Å². The van der Waals surface area contributed by atoms with Gasteiger partial charge in [-0.2, -0.15) is 0 Å². The van der Waals surface area contributed by atoms with E-state index in [-0.39, 0.29) is 11.9 Å². The van der Waals surface area contributed by atoms with Gasteiger partial charge in [-0.25, -0.2) is 0 Å². The molecule has 0 amide bonds. The second-order valence-electron chi connectivity index (χ2n) is 9.98. The zero-order chi connectivity index (χ0) is 20.0. The van der Waals surface area contributed by atoms with Gasteiger partial charge in [0.05, 0.1) is 12.5 Å². The minimum Gasteiger partial charge on any atom is -0.465 e. The molecule has 2 fully saturated rings. The number of hydrogen-bond donors (Lipinski definition) is 0. The highest BCUT2D eigenvalue weighted by atomic mass is 16.5. The smallest absolute Gasteiger partial charge is 0.308 e. The third-order valence-corrected chi connectivity index (χ3v) is 7.57. The topological polar surface area (TPSA) is 26.3 Å². The fourth-order valence-electron chi connectivity index (χ4n) is 5.46. The Labute approximate surface area is 175 Å². The van der Waals surface area contributed by atoms with Crippen molar-refractivity contribution in [2.75, 3.05) is 6.61 Å². The second kappa shape index (κ2) is 14.5. The largest absolute Gasteiger partial charge is 0.465 e. The van der Waals surface area contributed by atoms with Crippen LogP contribution in [0.5, 0.6) is 0 Å². The lowest BCUT2D eigenvalue weighted by Crippen LogP contribution is -2.29. The Morgan fingerprint density at radius 3 is 1.68 bits per heavy atom. The number of ether oxygens (including phenoxy) is 1. The lowest BCUT2D eigenvalue weighted by atomic mass is 9.69.